The van der Waals surface area contributed by atoms with Gasteiger partial charge in [-0.05, 0) is 42.3 Å². The van der Waals surface area contributed by atoms with Crippen LogP contribution in [0.4, 0.5) is 0 Å². The van der Waals surface area contributed by atoms with E-state index in [-0.39, 0.29) is 18.1 Å². The first-order valence-corrected chi connectivity index (χ1v) is 9.66. The zero-order valence-electron chi connectivity index (χ0n) is 17.8. The van der Waals surface area contributed by atoms with Gasteiger partial charge in [0.2, 0.25) is 5.88 Å². The summed E-state index contributed by atoms with van der Waals surface area (Å²) in [6.45, 7) is 3.20. The molecule has 0 spiro atoms. The molecule has 0 saturated carbocycles. The minimum atomic E-state index is -0.673. The van der Waals surface area contributed by atoms with E-state index in [2.05, 4.69) is 9.97 Å². The van der Waals surface area contributed by atoms with E-state index in [4.69, 9.17) is 24.7 Å². The zero-order chi connectivity index (χ0) is 22.2. The highest BCUT2D eigenvalue weighted by molar-refractivity contribution is 5.97. The van der Waals surface area contributed by atoms with Crippen molar-refractivity contribution in [3.63, 3.8) is 0 Å². The molecule has 1 aromatic carbocycles. The van der Waals surface area contributed by atoms with E-state index in [0.717, 1.165) is 22.4 Å². The predicted octanol–water partition coefficient (Wildman–Crippen LogP) is 3.16. The van der Waals surface area contributed by atoms with Crippen LogP contribution in [0.3, 0.4) is 0 Å². The molecule has 31 heavy (non-hydrogen) atoms. The third-order valence-electron chi connectivity index (χ3n) is 4.59. The summed E-state index contributed by atoms with van der Waals surface area (Å²) in [4.78, 5) is 20.3. The molecule has 3 aromatic rings. The van der Waals surface area contributed by atoms with Gasteiger partial charge in [-0.25, -0.2) is 4.98 Å². The second-order valence-corrected chi connectivity index (χ2v) is 6.70. The molecule has 0 bridgehead atoms. The highest BCUT2D eigenvalue weighted by atomic mass is 16.5. The number of primary amides is 1. The summed E-state index contributed by atoms with van der Waals surface area (Å²) in [5.41, 5.74) is 9.33. The van der Waals surface area contributed by atoms with Crippen molar-refractivity contribution in [3.05, 3.63) is 65.6 Å². The maximum atomic E-state index is 11.7. The van der Waals surface area contributed by atoms with Gasteiger partial charge in [0.05, 0.1) is 19.4 Å². The fourth-order valence-corrected chi connectivity index (χ4v) is 3.04. The number of methoxy groups -OCH3 is 2. The van der Waals surface area contributed by atoms with Crippen LogP contribution in [0, 0.1) is 6.92 Å². The molecule has 0 aliphatic rings. The SMILES string of the molecule is COCCOc1ccc(-c2ccc(COc3nccc(OC)c3C(N)=O)nc2)c(C)c1. The number of benzene rings is 1. The molecule has 0 radical (unpaired) electrons. The maximum absolute atomic E-state index is 11.7. The third-order valence-corrected chi connectivity index (χ3v) is 4.59. The molecule has 8 heteroatoms. The van der Waals surface area contributed by atoms with Crippen molar-refractivity contribution in [2.75, 3.05) is 27.4 Å². The molecule has 1 amide bonds. The van der Waals surface area contributed by atoms with Crippen molar-refractivity contribution in [3.8, 4) is 28.5 Å². The second-order valence-electron chi connectivity index (χ2n) is 6.70. The lowest BCUT2D eigenvalue weighted by molar-refractivity contribution is 0.0991. The van der Waals surface area contributed by atoms with E-state index in [0.29, 0.717) is 24.7 Å². The van der Waals surface area contributed by atoms with Gasteiger partial charge in [-0.15, -0.1) is 0 Å². The third kappa shape index (κ3) is 5.49. The fraction of sp³-hybridized carbons (Fsp3) is 0.261. The van der Waals surface area contributed by atoms with Gasteiger partial charge in [0.25, 0.3) is 5.91 Å². The van der Waals surface area contributed by atoms with Gasteiger partial charge < -0.3 is 24.7 Å². The summed E-state index contributed by atoms with van der Waals surface area (Å²) in [6, 6.07) is 11.3. The van der Waals surface area contributed by atoms with E-state index >= 15 is 0 Å². The number of carbonyl (C=O) groups is 1. The average Bonchev–Trinajstić information content (AvgIpc) is 2.78. The van der Waals surface area contributed by atoms with Crippen LogP contribution in [0.25, 0.3) is 11.1 Å². The molecule has 0 aliphatic carbocycles. The number of carbonyl (C=O) groups excluding carboxylic acids is 1. The Morgan fingerprint density at radius 2 is 1.87 bits per heavy atom. The Balaban J connectivity index is 1.70. The standard InChI is InChI=1S/C23H25N3O5/c1-15-12-18(30-11-10-28-2)6-7-19(15)16-4-5-17(26-13-16)14-31-23-21(22(24)27)20(29-3)8-9-25-23/h4-9,12-13H,10-11,14H2,1-3H3,(H2,24,27). The van der Waals surface area contributed by atoms with Gasteiger partial charge in [0.15, 0.2) is 0 Å². The van der Waals surface area contributed by atoms with Crippen LogP contribution >= 0.6 is 0 Å². The fourth-order valence-electron chi connectivity index (χ4n) is 3.04. The first-order valence-electron chi connectivity index (χ1n) is 9.66. The molecule has 0 fully saturated rings. The van der Waals surface area contributed by atoms with Crippen molar-refractivity contribution in [1.29, 1.82) is 0 Å². The lowest BCUT2D eigenvalue weighted by atomic mass is 10.0. The minimum Gasteiger partial charge on any atom is -0.496 e. The number of rotatable bonds is 10. The van der Waals surface area contributed by atoms with Gasteiger partial charge in [-0.2, -0.15) is 0 Å². The monoisotopic (exact) mass is 423 g/mol. The lowest BCUT2D eigenvalue weighted by Gasteiger charge is -2.12. The van der Waals surface area contributed by atoms with Gasteiger partial charge in [-0.1, -0.05) is 12.1 Å². The first kappa shape index (κ1) is 22.0. The van der Waals surface area contributed by atoms with Crippen LogP contribution in [0.5, 0.6) is 17.4 Å². The quantitative estimate of drug-likeness (QED) is 0.499. The van der Waals surface area contributed by atoms with Crippen molar-refractivity contribution in [2.45, 2.75) is 13.5 Å². The molecular formula is C23H25N3O5. The molecule has 162 valence electrons. The molecular weight excluding hydrogens is 398 g/mol. The number of nitrogens with two attached hydrogens (primary N) is 1. The lowest BCUT2D eigenvalue weighted by Crippen LogP contribution is -2.15. The molecule has 0 aliphatic heterocycles. The van der Waals surface area contributed by atoms with Crippen molar-refractivity contribution >= 4 is 5.91 Å². The van der Waals surface area contributed by atoms with E-state index in [1.54, 1.807) is 19.4 Å². The number of hydrogen-bond donors (Lipinski definition) is 1. The number of ether oxygens (including phenoxy) is 4. The topological polar surface area (TPSA) is 106 Å². The van der Waals surface area contributed by atoms with Crippen LogP contribution in [-0.4, -0.2) is 43.3 Å². The molecule has 0 saturated heterocycles. The van der Waals surface area contributed by atoms with Gasteiger partial charge in [0, 0.05) is 25.1 Å². The number of amides is 1. The van der Waals surface area contributed by atoms with Crippen LogP contribution in [-0.2, 0) is 11.3 Å². The van der Waals surface area contributed by atoms with Crippen LogP contribution in [0.1, 0.15) is 21.6 Å². The van der Waals surface area contributed by atoms with Crippen molar-refractivity contribution < 1.29 is 23.7 Å². The molecule has 2 aromatic heterocycles. The van der Waals surface area contributed by atoms with Crippen LogP contribution in [0.15, 0.2) is 48.8 Å². The first-order chi connectivity index (χ1) is 15.0. The predicted molar refractivity (Wildman–Crippen MR) is 115 cm³/mol. The molecule has 0 unspecified atom stereocenters. The summed E-state index contributed by atoms with van der Waals surface area (Å²) in [5.74, 6) is 0.546. The number of aryl methyl sites for hydroxylation is 1. The summed E-state index contributed by atoms with van der Waals surface area (Å²) in [7, 11) is 3.09. The Kier molecular flexibility index (Phi) is 7.40. The largest absolute Gasteiger partial charge is 0.496 e. The highest BCUT2D eigenvalue weighted by Gasteiger charge is 2.17. The van der Waals surface area contributed by atoms with E-state index < -0.39 is 5.91 Å². The Bertz CT molecular complexity index is 1040. The normalized spacial score (nSPS) is 10.5. The van der Waals surface area contributed by atoms with Gasteiger partial charge in [0.1, 0.15) is 30.3 Å². The molecule has 3 rings (SSSR count). The summed E-state index contributed by atoms with van der Waals surface area (Å²) in [5, 5.41) is 0. The average molecular weight is 423 g/mol. The zero-order valence-corrected chi connectivity index (χ0v) is 17.8. The van der Waals surface area contributed by atoms with Crippen molar-refractivity contribution in [1.82, 2.24) is 9.97 Å². The minimum absolute atomic E-state index is 0.102. The summed E-state index contributed by atoms with van der Waals surface area (Å²) >= 11 is 0. The number of aromatic nitrogens is 2. The smallest absolute Gasteiger partial charge is 0.258 e. The van der Waals surface area contributed by atoms with E-state index in [9.17, 15) is 4.79 Å². The Hall–Kier alpha value is -3.65. The van der Waals surface area contributed by atoms with E-state index in [1.807, 2.05) is 37.3 Å². The van der Waals surface area contributed by atoms with Crippen molar-refractivity contribution in [2.24, 2.45) is 5.73 Å². The van der Waals surface area contributed by atoms with E-state index in [1.165, 1.54) is 13.3 Å². The molecule has 0 atom stereocenters. The number of hydrogen-bond acceptors (Lipinski definition) is 7. The van der Waals surface area contributed by atoms with Gasteiger partial charge >= 0.3 is 0 Å². The number of pyridine rings is 2. The summed E-state index contributed by atoms with van der Waals surface area (Å²) < 4.78 is 21.5. The molecule has 2 heterocycles. The van der Waals surface area contributed by atoms with Gasteiger partial charge in [-0.3, -0.25) is 9.78 Å². The molecule has 8 nitrogen and oxygen atoms in total. The second kappa shape index (κ2) is 10.4. The molecule has 2 N–H and O–H groups in total. The Morgan fingerprint density at radius 3 is 2.52 bits per heavy atom. The van der Waals surface area contributed by atoms with Crippen LogP contribution < -0.4 is 19.9 Å². The summed E-state index contributed by atoms with van der Waals surface area (Å²) in [6.07, 6.45) is 3.27. The Labute approximate surface area is 180 Å². The van der Waals surface area contributed by atoms with Crippen LogP contribution in [0.2, 0.25) is 0 Å². The Morgan fingerprint density at radius 1 is 1.03 bits per heavy atom. The maximum Gasteiger partial charge on any atom is 0.258 e. The highest BCUT2D eigenvalue weighted by Crippen LogP contribution is 2.28. The number of nitrogens with zero attached hydrogens (tertiary/aromatic N) is 2.